The molecule has 12 heteroatoms. The number of nitrogens with one attached hydrogen (secondary N) is 1. The van der Waals surface area contributed by atoms with Crippen LogP contribution in [0.5, 0.6) is 0 Å². The Bertz CT molecular complexity index is 1430. The van der Waals surface area contributed by atoms with Gasteiger partial charge in [0.2, 0.25) is 0 Å². The molecule has 0 saturated carbocycles. The fraction of sp³-hybridized carbons (Fsp3) is 0.607. The van der Waals surface area contributed by atoms with Crippen LogP contribution in [0.4, 0.5) is 0 Å². The van der Waals surface area contributed by atoms with Gasteiger partial charge in [0.25, 0.3) is 25.8 Å². The van der Waals surface area contributed by atoms with Crippen molar-refractivity contribution in [3.63, 3.8) is 0 Å². The van der Waals surface area contributed by atoms with Crippen LogP contribution in [0.2, 0.25) is 0 Å². The van der Waals surface area contributed by atoms with Crippen LogP contribution in [-0.4, -0.2) is 85.5 Å². The number of hydrogen-bond acceptors (Lipinski definition) is 7. The molecular formula is C28H41N3O7S2. The lowest BCUT2D eigenvalue weighted by molar-refractivity contribution is 0.122. The number of nitrogens with zero attached hydrogens (tertiary/aromatic N) is 2. The van der Waals surface area contributed by atoms with Crippen molar-refractivity contribution < 1.29 is 25.9 Å². The summed E-state index contributed by atoms with van der Waals surface area (Å²) in [6.45, 7) is 6.11. The fourth-order valence-electron chi connectivity index (χ4n) is 6.52. The van der Waals surface area contributed by atoms with Crippen LogP contribution in [0.25, 0.3) is 11.3 Å². The van der Waals surface area contributed by atoms with Crippen LogP contribution >= 0.6 is 0 Å². The highest BCUT2D eigenvalue weighted by Crippen LogP contribution is 2.40. The molecule has 2 aliphatic carbocycles. The van der Waals surface area contributed by atoms with Gasteiger partial charge in [-0.1, -0.05) is 18.2 Å². The molecule has 0 radical (unpaired) electrons. The van der Waals surface area contributed by atoms with Crippen molar-refractivity contribution in [3.8, 4) is 11.3 Å². The molecule has 2 fully saturated rings. The van der Waals surface area contributed by atoms with Crippen molar-refractivity contribution in [2.45, 2.75) is 70.4 Å². The summed E-state index contributed by atoms with van der Waals surface area (Å²) in [6.07, 6.45) is 12.3. The summed E-state index contributed by atoms with van der Waals surface area (Å²) in [6, 6.07) is 7.54. The summed E-state index contributed by atoms with van der Waals surface area (Å²) < 4.78 is 51.7. The Hall–Kier alpha value is -2.09. The van der Waals surface area contributed by atoms with Gasteiger partial charge in [0, 0.05) is 30.1 Å². The molecular weight excluding hydrogens is 554 g/mol. The molecule has 3 N–H and O–H groups in total. The zero-order valence-electron chi connectivity index (χ0n) is 23.4. The highest BCUT2D eigenvalue weighted by atomic mass is 32.2. The molecule has 222 valence electrons. The minimum Gasteiger partial charge on any atom is -0.321 e. The average molecular weight is 596 g/mol. The molecule has 0 atom stereocenters. The van der Waals surface area contributed by atoms with Gasteiger partial charge in [-0.05, 0) is 99.8 Å². The first-order chi connectivity index (χ1) is 18.8. The monoisotopic (exact) mass is 595 g/mol. The number of aromatic nitrogens is 1. The summed E-state index contributed by atoms with van der Waals surface area (Å²) in [5.41, 5.74) is 9.33. The van der Waals surface area contributed by atoms with Gasteiger partial charge in [-0.3, -0.25) is 18.8 Å². The minimum atomic E-state index is -3.67. The molecule has 2 saturated heterocycles. The first-order valence-corrected chi connectivity index (χ1v) is 17.7. The highest BCUT2D eigenvalue weighted by Gasteiger charge is 2.30. The van der Waals surface area contributed by atoms with Gasteiger partial charge in [-0.2, -0.15) is 16.8 Å². The van der Waals surface area contributed by atoms with Crippen molar-refractivity contribution >= 4 is 20.2 Å². The second kappa shape index (κ2) is 12.8. The van der Waals surface area contributed by atoms with Crippen molar-refractivity contribution in [1.29, 1.82) is 0 Å². The van der Waals surface area contributed by atoms with Gasteiger partial charge in [0.15, 0.2) is 0 Å². The van der Waals surface area contributed by atoms with E-state index in [9.17, 15) is 21.6 Å². The lowest BCUT2D eigenvalue weighted by Crippen LogP contribution is -2.43. The van der Waals surface area contributed by atoms with Crippen LogP contribution in [-0.2, 0) is 46.0 Å². The van der Waals surface area contributed by atoms with Crippen LogP contribution in [0.3, 0.4) is 0 Å². The maximum Gasteiger partial charge on any atom is 0.261 e. The third-order valence-electron chi connectivity index (χ3n) is 8.15. The standard InChI is InChI=1S/C26H33N3O.2CH4O3S/c30-26-22-8-2-1-7-20(22)24-16-23-18(6-5-9-21(23)25(24)27-26)17-28-14-10-19(11-15-28)29-12-3-4-13-29;2*1-5(2,3)4/h5-6,9,19H,1-4,7-8,10-17H2,(H,27,30);2*1H3,(H,2,3,4). The van der Waals surface area contributed by atoms with Crippen molar-refractivity contribution in [2.24, 2.45) is 0 Å². The van der Waals surface area contributed by atoms with E-state index >= 15 is 0 Å². The van der Waals surface area contributed by atoms with Crippen LogP contribution in [0.1, 0.15) is 66.3 Å². The average Bonchev–Trinajstić information content (AvgIpc) is 3.52. The molecule has 3 heterocycles. The van der Waals surface area contributed by atoms with Crippen LogP contribution in [0.15, 0.2) is 23.0 Å². The maximum atomic E-state index is 12.7. The predicted octanol–water partition coefficient (Wildman–Crippen LogP) is 2.89. The first kappa shape index (κ1) is 30.9. The minimum absolute atomic E-state index is 0.158. The highest BCUT2D eigenvalue weighted by molar-refractivity contribution is 7.85. The SMILES string of the molecule is CS(=O)(=O)O.CS(=O)(=O)O.O=c1[nH]c2c(c3c1CCCC3)Cc1c(CN3CCC(N4CCCC4)CC3)cccc1-2. The molecule has 0 amide bonds. The lowest BCUT2D eigenvalue weighted by atomic mass is 9.88. The van der Waals surface area contributed by atoms with Crippen LogP contribution < -0.4 is 5.56 Å². The summed E-state index contributed by atoms with van der Waals surface area (Å²) in [4.78, 5) is 21.4. The summed E-state index contributed by atoms with van der Waals surface area (Å²) >= 11 is 0. The van der Waals surface area contributed by atoms with E-state index in [2.05, 4.69) is 33.0 Å². The van der Waals surface area contributed by atoms with Gasteiger partial charge in [-0.25, -0.2) is 0 Å². The van der Waals surface area contributed by atoms with Crippen molar-refractivity contribution in [1.82, 2.24) is 14.8 Å². The predicted molar refractivity (Wildman–Crippen MR) is 156 cm³/mol. The molecule has 0 unspecified atom stereocenters. The molecule has 0 spiro atoms. The number of pyridine rings is 1. The Morgan fingerprint density at radius 3 is 2.00 bits per heavy atom. The van der Waals surface area contributed by atoms with E-state index < -0.39 is 20.2 Å². The van der Waals surface area contributed by atoms with E-state index in [1.54, 1.807) is 0 Å². The van der Waals surface area contributed by atoms with E-state index in [1.165, 1.54) is 86.1 Å². The van der Waals surface area contributed by atoms with Gasteiger partial charge in [0.05, 0.1) is 18.2 Å². The second-order valence-corrected chi connectivity index (χ2v) is 14.2. The van der Waals surface area contributed by atoms with Gasteiger partial charge < -0.3 is 9.88 Å². The summed E-state index contributed by atoms with van der Waals surface area (Å²) in [7, 11) is -7.33. The number of rotatable bonds is 3. The zero-order chi connectivity index (χ0) is 29.1. The normalized spacial score (nSPS) is 19.5. The summed E-state index contributed by atoms with van der Waals surface area (Å²) in [5, 5.41) is 0. The van der Waals surface area contributed by atoms with Crippen molar-refractivity contribution in [3.05, 3.63) is 56.4 Å². The topological polar surface area (TPSA) is 148 Å². The maximum absolute atomic E-state index is 12.7. The van der Waals surface area contributed by atoms with E-state index in [0.717, 1.165) is 49.5 Å². The third kappa shape index (κ3) is 8.46. The van der Waals surface area contributed by atoms with E-state index in [4.69, 9.17) is 9.11 Å². The Balaban J connectivity index is 0.000000321. The number of H-pyrrole nitrogens is 1. The van der Waals surface area contributed by atoms with Gasteiger partial charge in [-0.15, -0.1) is 0 Å². The number of aromatic amines is 1. The van der Waals surface area contributed by atoms with Crippen LogP contribution in [0, 0.1) is 0 Å². The molecule has 10 nitrogen and oxygen atoms in total. The molecule has 1 aromatic carbocycles. The first-order valence-electron chi connectivity index (χ1n) is 14.0. The number of benzene rings is 1. The summed E-state index contributed by atoms with van der Waals surface area (Å²) in [5.74, 6) is 0. The molecule has 40 heavy (non-hydrogen) atoms. The fourth-order valence-corrected chi connectivity index (χ4v) is 6.52. The Labute approximate surface area is 237 Å². The Morgan fingerprint density at radius 1 is 0.825 bits per heavy atom. The van der Waals surface area contributed by atoms with Gasteiger partial charge in [0.1, 0.15) is 0 Å². The quantitative estimate of drug-likeness (QED) is 0.389. The number of piperidine rings is 1. The zero-order valence-corrected chi connectivity index (χ0v) is 25.0. The van der Waals surface area contributed by atoms with E-state index in [1.807, 2.05) is 0 Å². The molecule has 1 aromatic heterocycles. The number of likely N-dealkylation sites (tertiary alicyclic amines) is 2. The molecule has 2 aliphatic heterocycles. The van der Waals surface area contributed by atoms with Gasteiger partial charge >= 0.3 is 0 Å². The third-order valence-corrected chi connectivity index (χ3v) is 8.15. The van der Waals surface area contributed by atoms with Crippen molar-refractivity contribution in [2.75, 3.05) is 38.7 Å². The number of hydrogen-bond donors (Lipinski definition) is 3. The lowest BCUT2D eigenvalue weighted by Gasteiger charge is -2.36. The molecule has 0 bridgehead atoms. The number of fused-ring (bicyclic) bond motifs is 5. The largest absolute Gasteiger partial charge is 0.321 e. The van der Waals surface area contributed by atoms with E-state index in [-0.39, 0.29) is 5.56 Å². The molecule has 2 aromatic rings. The molecule has 6 rings (SSSR count). The smallest absolute Gasteiger partial charge is 0.261 e. The Kier molecular flexibility index (Phi) is 9.90. The molecule has 4 aliphatic rings. The van der Waals surface area contributed by atoms with E-state index in [0.29, 0.717) is 12.5 Å². The second-order valence-electron chi connectivity index (χ2n) is 11.3. The Morgan fingerprint density at radius 2 is 1.40 bits per heavy atom.